The Morgan fingerprint density at radius 3 is 3.27 bits per heavy atom. The van der Waals surface area contributed by atoms with Crippen LogP contribution in [0.1, 0.15) is 5.69 Å². The molecule has 0 aliphatic carbocycles. The van der Waals surface area contributed by atoms with Crippen LogP contribution in [-0.4, -0.2) is 42.0 Å². The lowest BCUT2D eigenvalue weighted by Gasteiger charge is -2.33. The molecule has 0 radical (unpaired) electrons. The maximum Gasteiger partial charge on any atom is 0.210 e. The third-order valence-electron chi connectivity index (χ3n) is 2.70. The summed E-state index contributed by atoms with van der Waals surface area (Å²) in [7, 11) is 0. The molecule has 1 aliphatic heterocycles. The molecule has 1 unspecified atom stereocenters. The van der Waals surface area contributed by atoms with E-state index in [4.69, 9.17) is 0 Å². The van der Waals surface area contributed by atoms with Crippen LogP contribution in [0.2, 0.25) is 0 Å². The van der Waals surface area contributed by atoms with Gasteiger partial charge in [0.25, 0.3) is 0 Å². The van der Waals surface area contributed by atoms with Crippen LogP contribution in [0.5, 0.6) is 0 Å². The van der Waals surface area contributed by atoms with E-state index in [-0.39, 0.29) is 6.04 Å². The van der Waals surface area contributed by atoms with E-state index in [9.17, 15) is 4.79 Å². The second kappa shape index (κ2) is 4.89. The lowest BCUT2D eigenvalue weighted by atomic mass is 10.1. The molecule has 0 bridgehead atoms. The summed E-state index contributed by atoms with van der Waals surface area (Å²) in [5.74, 6) is 0. The standard InChI is InChI=1S/C11H15N3O/c15-9-14-6-5-12-8-11(14)7-10-3-1-2-4-13-10/h1-4,9,11-12H,5-8H2. The molecule has 1 amide bonds. The van der Waals surface area contributed by atoms with Gasteiger partial charge in [0.2, 0.25) is 6.41 Å². The van der Waals surface area contributed by atoms with Gasteiger partial charge in [0.1, 0.15) is 0 Å². The molecule has 0 spiro atoms. The van der Waals surface area contributed by atoms with Gasteiger partial charge < -0.3 is 10.2 Å². The van der Waals surface area contributed by atoms with E-state index in [0.717, 1.165) is 38.2 Å². The average molecular weight is 205 g/mol. The van der Waals surface area contributed by atoms with Crippen molar-refractivity contribution in [3.05, 3.63) is 30.1 Å². The van der Waals surface area contributed by atoms with Crippen molar-refractivity contribution >= 4 is 6.41 Å². The fraction of sp³-hybridized carbons (Fsp3) is 0.455. The highest BCUT2D eigenvalue weighted by Crippen LogP contribution is 2.07. The molecule has 1 atom stereocenters. The largest absolute Gasteiger partial charge is 0.339 e. The molecular weight excluding hydrogens is 190 g/mol. The SMILES string of the molecule is O=CN1CCNCC1Cc1ccccn1. The molecule has 0 saturated carbocycles. The Balaban J connectivity index is 2.00. The average Bonchev–Trinajstić information content (AvgIpc) is 2.31. The fourth-order valence-corrected chi connectivity index (χ4v) is 1.87. The Morgan fingerprint density at radius 1 is 1.60 bits per heavy atom. The van der Waals surface area contributed by atoms with E-state index < -0.39 is 0 Å². The number of piperazine rings is 1. The summed E-state index contributed by atoms with van der Waals surface area (Å²) in [4.78, 5) is 17.0. The first-order valence-corrected chi connectivity index (χ1v) is 5.22. The van der Waals surface area contributed by atoms with E-state index in [1.165, 1.54) is 0 Å². The minimum Gasteiger partial charge on any atom is -0.339 e. The molecule has 1 N–H and O–H groups in total. The number of hydrogen-bond donors (Lipinski definition) is 1. The molecule has 15 heavy (non-hydrogen) atoms. The van der Waals surface area contributed by atoms with Crippen molar-refractivity contribution in [2.75, 3.05) is 19.6 Å². The lowest BCUT2D eigenvalue weighted by molar-refractivity contribution is -0.120. The van der Waals surface area contributed by atoms with Gasteiger partial charge in [0.05, 0.1) is 0 Å². The summed E-state index contributed by atoms with van der Waals surface area (Å²) in [6.45, 7) is 2.54. The van der Waals surface area contributed by atoms with Gasteiger partial charge in [0, 0.05) is 44.0 Å². The smallest absolute Gasteiger partial charge is 0.210 e. The van der Waals surface area contributed by atoms with E-state index in [1.54, 1.807) is 6.20 Å². The number of carbonyl (C=O) groups excluding carboxylic acids is 1. The highest BCUT2D eigenvalue weighted by Gasteiger charge is 2.20. The van der Waals surface area contributed by atoms with Crippen LogP contribution in [0.15, 0.2) is 24.4 Å². The van der Waals surface area contributed by atoms with Crippen molar-refractivity contribution in [2.45, 2.75) is 12.5 Å². The molecule has 1 aromatic rings. The van der Waals surface area contributed by atoms with Crippen molar-refractivity contribution in [1.82, 2.24) is 15.2 Å². The predicted octanol–water partition coefficient (Wildman–Crippen LogP) is 0.0543. The van der Waals surface area contributed by atoms with Crippen LogP contribution in [0.3, 0.4) is 0 Å². The van der Waals surface area contributed by atoms with E-state index in [0.29, 0.717) is 0 Å². The maximum absolute atomic E-state index is 10.8. The number of nitrogens with one attached hydrogen (secondary N) is 1. The highest BCUT2D eigenvalue weighted by molar-refractivity contribution is 5.48. The van der Waals surface area contributed by atoms with Crippen LogP contribution in [0, 0.1) is 0 Å². The molecule has 2 rings (SSSR count). The van der Waals surface area contributed by atoms with E-state index in [2.05, 4.69) is 10.3 Å². The van der Waals surface area contributed by atoms with E-state index in [1.807, 2.05) is 23.1 Å². The molecule has 1 saturated heterocycles. The number of pyridine rings is 1. The zero-order chi connectivity index (χ0) is 10.5. The third kappa shape index (κ3) is 2.53. The molecule has 4 heteroatoms. The third-order valence-corrected chi connectivity index (χ3v) is 2.70. The van der Waals surface area contributed by atoms with Crippen molar-refractivity contribution in [1.29, 1.82) is 0 Å². The topological polar surface area (TPSA) is 45.2 Å². The second-order valence-electron chi connectivity index (χ2n) is 3.73. The van der Waals surface area contributed by atoms with Gasteiger partial charge in [0.15, 0.2) is 0 Å². The molecule has 1 aliphatic rings. The van der Waals surface area contributed by atoms with E-state index >= 15 is 0 Å². The van der Waals surface area contributed by atoms with Gasteiger partial charge in [-0.05, 0) is 12.1 Å². The summed E-state index contributed by atoms with van der Waals surface area (Å²) in [5.41, 5.74) is 1.04. The normalized spacial score (nSPS) is 21.3. The van der Waals surface area contributed by atoms with Crippen LogP contribution < -0.4 is 5.32 Å². The number of aromatic nitrogens is 1. The minimum absolute atomic E-state index is 0.242. The lowest BCUT2D eigenvalue weighted by Crippen LogP contribution is -2.51. The van der Waals surface area contributed by atoms with Crippen LogP contribution in [-0.2, 0) is 11.2 Å². The highest BCUT2D eigenvalue weighted by atomic mass is 16.1. The second-order valence-corrected chi connectivity index (χ2v) is 3.73. The fourth-order valence-electron chi connectivity index (χ4n) is 1.87. The monoisotopic (exact) mass is 205 g/mol. The molecule has 2 heterocycles. The summed E-state index contributed by atoms with van der Waals surface area (Å²) in [6, 6.07) is 6.12. The number of carbonyl (C=O) groups is 1. The first-order valence-electron chi connectivity index (χ1n) is 5.22. The number of nitrogens with zero attached hydrogens (tertiary/aromatic N) is 2. The van der Waals surface area contributed by atoms with Gasteiger partial charge in [-0.3, -0.25) is 9.78 Å². The minimum atomic E-state index is 0.242. The van der Waals surface area contributed by atoms with Crippen LogP contribution >= 0.6 is 0 Å². The first kappa shape index (κ1) is 10.1. The zero-order valence-corrected chi connectivity index (χ0v) is 8.60. The summed E-state index contributed by atoms with van der Waals surface area (Å²) in [5, 5.41) is 3.29. The Hall–Kier alpha value is -1.42. The Bertz CT molecular complexity index is 315. The molecule has 4 nitrogen and oxygen atoms in total. The maximum atomic E-state index is 10.8. The van der Waals surface area contributed by atoms with Gasteiger partial charge in [-0.2, -0.15) is 0 Å². The van der Waals surface area contributed by atoms with Gasteiger partial charge in [-0.1, -0.05) is 6.07 Å². The Kier molecular flexibility index (Phi) is 3.29. The molecule has 0 aromatic carbocycles. The van der Waals surface area contributed by atoms with Crippen molar-refractivity contribution in [3.8, 4) is 0 Å². The van der Waals surface area contributed by atoms with Crippen LogP contribution in [0.25, 0.3) is 0 Å². The zero-order valence-electron chi connectivity index (χ0n) is 8.60. The number of hydrogen-bond acceptors (Lipinski definition) is 3. The predicted molar refractivity (Wildman–Crippen MR) is 57.4 cm³/mol. The summed E-state index contributed by atoms with van der Waals surface area (Å²) in [6.07, 6.45) is 3.55. The quantitative estimate of drug-likeness (QED) is 0.709. The molecule has 1 fully saturated rings. The van der Waals surface area contributed by atoms with Crippen molar-refractivity contribution in [3.63, 3.8) is 0 Å². The molecular formula is C11H15N3O. The molecule has 1 aromatic heterocycles. The Labute approximate surface area is 89.3 Å². The number of rotatable bonds is 3. The van der Waals surface area contributed by atoms with Crippen LogP contribution in [0.4, 0.5) is 0 Å². The van der Waals surface area contributed by atoms with Gasteiger partial charge in [-0.15, -0.1) is 0 Å². The number of amides is 1. The Morgan fingerprint density at radius 2 is 2.53 bits per heavy atom. The molecule has 80 valence electrons. The van der Waals surface area contributed by atoms with Crippen molar-refractivity contribution in [2.24, 2.45) is 0 Å². The first-order chi connectivity index (χ1) is 7.40. The van der Waals surface area contributed by atoms with Gasteiger partial charge in [-0.25, -0.2) is 0 Å². The summed E-state index contributed by atoms with van der Waals surface area (Å²) >= 11 is 0. The summed E-state index contributed by atoms with van der Waals surface area (Å²) < 4.78 is 0. The van der Waals surface area contributed by atoms with Crippen molar-refractivity contribution < 1.29 is 4.79 Å². The van der Waals surface area contributed by atoms with Gasteiger partial charge >= 0.3 is 0 Å².